The minimum absolute atomic E-state index is 0.00373. The molecule has 0 atom stereocenters. The zero-order chi connectivity index (χ0) is 21.9. The summed E-state index contributed by atoms with van der Waals surface area (Å²) in [5, 5.41) is 2.55. The van der Waals surface area contributed by atoms with Crippen LogP contribution in [-0.4, -0.2) is 59.1 Å². The lowest BCUT2D eigenvalue weighted by Gasteiger charge is -2.26. The van der Waals surface area contributed by atoms with Gasteiger partial charge in [-0.2, -0.15) is 4.31 Å². The van der Waals surface area contributed by atoms with Crippen molar-refractivity contribution in [1.82, 2.24) is 4.31 Å². The van der Waals surface area contributed by atoms with E-state index in [2.05, 4.69) is 5.32 Å². The fourth-order valence-corrected chi connectivity index (χ4v) is 5.92. The number of benzene rings is 2. The quantitative estimate of drug-likeness (QED) is 0.691. The average Bonchev–Trinajstić information content (AvgIpc) is 2.74. The number of carbonyl (C=O) groups excluding carboxylic acids is 1. The molecule has 8 nitrogen and oxygen atoms in total. The minimum atomic E-state index is -3.91. The van der Waals surface area contributed by atoms with E-state index >= 15 is 0 Å². The number of rotatable bonds is 6. The Bertz CT molecular complexity index is 1160. The first-order valence-corrected chi connectivity index (χ1v) is 12.6. The zero-order valence-corrected chi connectivity index (χ0v) is 18.6. The second kappa shape index (κ2) is 9.03. The maximum atomic E-state index is 12.9. The van der Waals surface area contributed by atoms with Gasteiger partial charge in [-0.3, -0.25) is 4.79 Å². The van der Waals surface area contributed by atoms with Crippen molar-refractivity contribution in [3.63, 3.8) is 0 Å². The molecule has 11 heteroatoms. The third-order valence-electron chi connectivity index (χ3n) is 4.63. The Hall–Kier alpha value is -1.98. The predicted octanol–water partition coefficient (Wildman–Crippen LogP) is 2.41. The van der Waals surface area contributed by atoms with Gasteiger partial charge in [0.05, 0.1) is 34.6 Å². The summed E-state index contributed by atoms with van der Waals surface area (Å²) in [4.78, 5) is 12.6. The Morgan fingerprint density at radius 1 is 1.07 bits per heavy atom. The topological polar surface area (TPSA) is 110 Å². The van der Waals surface area contributed by atoms with E-state index in [1.807, 2.05) is 0 Å². The van der Waals surface area contributed by atoms with Gasteiger partial charge >= 0.3 is 0 Å². The number of morpholine rings is 1. The Morgan fingerprint density at radius 2 is 1.73 bits per heavy atom. The molecule has 0 aliphatic carbocycles. The molecule has 30 heavy (non-hydrogen) atoms. The molecule has 0 bridgehead atoms. The minimum Gasteiger partial charge on any atom is -0.379 e. The lowest BCUT2D eigenvalue weighted by atomic mass is 10.2. The molecule has 0 aromatic heterocycles. The van der Waals surface area contributed by atoms with E-state index in [4.69, 9.17) is 16.3 Å². The van der Waals surface area contributed by atoms with Crippen LogP contribution in [0.3, 0.4) is 0 Å². The molecule has 162 valence electrons. The van der Waals surface area contributed by atoms with Crippen LogP contribution in [0.25, 0.3) is 0 Å². The zero-order valence-electron chi connectivity index (χ0n) is 16.2. The Balaban J connectivity index is 1.93. The van der Waals surface area contributed by atoms with Crippen LogP contribution >= 0.6 is 11.6 Å². The number of hydrogen-bond acceptors (Lipinski definition) is 6. The monoisotopic (exact) mass is 472 g/mol. The van der Waals surface area contributed by atoms with Crippen molar-refractivity contribution in [3.05, 3.63) is 53.1 Å². The van der Waals surface area contributed by atoms with Crippen LogP contribution in [0.4, 0.5) is 5.69 Å². The number of nitrogens with one attached hydrogen (secondary N) is 1. The van der Waals surface area contributed by atoms with Crippen molar-refractivity contribution < 1.29 is 26.4 Å². The molecule has 0 unspecified atom stereocenters. The number of sulfonamides is 1. The second-order valence-electron chi connectivity index (χ2n) is 6.52. The normalized spacial score (nSPS) is 15.7. The molecular formula is C19H21ClN2O6S2. The van der Waals surface area contributed by atoms with Gasteiger partial charge in [-0.25, -0.2) is 16.8 Å². The highest BCUT2D eigenvalue weighted by Crippen LogP contribution is 2.28. The van der Waals surface area contributed by atoms with Gasteiger partial charge < -0.3 is 10.1 Å². The van der Waals surface area contributed by atoms with E-state index in [1.54, 1.807) is 12.1 Å². The number of nitrogens with zero attached hydrogens (tertiary/aromatic N) is 1. The van der Waals surface area contributed by atoms with E-state index in [0.29, 0.717) is 0 Å². The fraction of sp³-hybridized carbons (Fsp3) is 0.316. The Labute approximate surface area is 180 Å². The van der Waals surface area contributed by atoms with Gasteiger partial charge in [0, 0.05) is 18.7 Å². The number of anilines is 1. The molecule has 1 N–H and O–H groups in total. The molecule has 1 aliphatic heterocycles. The summed E-state index contributed by atoms with van der Waals surface area (Å²) < 4.78 is 56.9. The van der Waals surface area contributed by atoms with Gasteiger partial charge in [0.1, 0.15) is 4.90 Å². The van der Waals surface area contributed by atoms with Crippen molar-refractivity contribution in [2.24, 2.45) is 0 Å². The molecule has 1 amide bonds. The molecule has 1 heterocycles. The predicted molar refractivity (Wildman–Crippen MR) is 113 cm³/mol. The number of ether oxygens (including phenoxy) is 1. The first-order valence-electron chi connectivity index (χ1n) is 9.17. The van der Waals surface area contributed by atoms with Gasteiger partial charge in [0.2, 0.25) is 10.0 Å². The van der Waals surface area contributed by atoms with Gasteiger partial charge in [0.25, 0.3) is 5.91 Å². The number of hydrogen-bond donors (Lipinski definition) is 1. The molecule has 0 radical (unpaired) electrons. The number of amides is 1. The number of halogens is 1. The Kier molecular flexibility index (Phi) is 6.83. The van der Waals surface area contributed by atoms with Gasteiger partial charge in [-0.15, -0.1) is 0 Å². The summed E-state index contributed by atoms with van der Waals surface area (Å²) in [5.41, 5.74) is 0.159. The average molecular weight is 473 g/mol. The summed E-state index contributed by atoms with van der Waals surface area (Å²) in [7, 11) is -7.47. The van der Waals surface area contributed by atoms with E-state index in [0.717, 1.165) is 0 Å². The molecule has 1 aliphatic rings. The van der Waals surface area contributed by atoms with Crippen molar-refractivity contribution in [3.8, 4) is 0 Å². The maximum absolute atomic E-state index is 12.9. The van der Waals surface area contributed by atoms with Crippen LogP contribution in [-0.2, 0) is 24.6 Å². The SMILES string of the molecule is CCS(=O)(=O)c1ccccc1NC(=O)c1ccc(Cl)c(S(=O)(=O)N2CCOCC2)c1. The van der Waals surface area contributed by atoms with E-state index in [1.165, 1.54) is 41.6 Å². The van der Waals surface area contributed by atoms with Crippen LogP contribution in [0.15, 0.2) is 52.3 Å². The van der Waals surface area contributed by atoms with Gasteiger partial charge in [-0.05, 0) is 30.3 Å². The summed E-state index contributed by atoms with van der Waals surface area (Å²) in [6, 6.07) is 9.95. The molecule has 3 rings (SSSR count). The highest BCUT2D eigenvalue weighted by Gasteiger charge is 2.29. The van der Waals surface area contributed by atoms with Crippen molar-refractivity contribution >= 4 is 43.1 Å². The molecule has 2 aromatic carbocycles. The molecule has 2 aromatic rings. The van der Waals surface area contributed by atoms with Crippen LogP contribution in [0.2, 0.25) is 5.02 Å². The molecule has 0 saturated carbocycles. The van der Waals surface area contributed by atoms with Crippen LogP contribution < -0.4 is 5.32 Å². The number of para-hydroxylation sites is 1. The van der Waals surface area contributed by atoms with Crippen molar-refractivity contribution in [2.45, 2.75) is 16.7 Å². The van der Waals surface area contributed by atoms with Gasteiger partial charge in [-0.1, -0.05) is 30.7 Å². The highest BCUT2D eigenvalue weighted by molar-refractivity contribution is 7.91. The smallest absolute Gasteiger partial charge is 0.255 e. The summed E-state index contributed by atoms with van der Waals surface area (Å²) in [6.45, 7) is 2.45. The Morgan fingerprint density at radius 3 is 2.40 bits per heavy atom. The molecule has 1 fully saturated rings. The molecular weight excluding hydrogens is 452 g/mol. The van der Waals surface area contributed by atoms with Crippen LogP contribution in [0.1, 0.15) is 17.3 Å². The van der Waals surface area contributed by atoms with Crippen LogP contribution in [0, 0.1) is 0 Å². The highest BCUT2D eigenvalue weighted by atomic mass is 35.5. The number of carbonyl (C=O) groups is 1. The van der Waals surface area contributed by atoms with Crippen molar-refractivity contribution in [1.29, 1.82) is 0 Å². The van der Waals surface area contributed by atoms with E-state index in [9.17, 15) is 21.6 Å². The first-order chi connectivity index (χ1) is 14.2. The third kappa shape index (κ3) is 4.68. The van der Waals surface area contributed by atoms with Gasteiger partial charge in [0.15, 0.2) is 9.84 Å². The largest absolute Gasteiger partial charge is 0.379 e. The first kappa shape index (κ1) is 22.7. The standard InChI is InChI=1S/C19H21ClN2O6S2/c1-2-29(24,25)17-6-4-3-5-16(17)21-19(23)14-7-8-15(20)18(13-14)30(26,27)22-9-11-28-12-10-22/h3-8,13H,2,9-12H2,1H3,(H,21,23). The lowest BCUT2D eigenvalue weighted by molar-refractivity contribution is 0.0730. The third-order valence-corrected chi connectivity index (χ3v) is 8.80. The number of sulfone groups is 1. The molecule has 1 saturated heterocycles. The van der Waals surface area contributed by atoms with Crippen LogP contribution in [0.5, 0.6) is 0 Å². The summed E-state index contributed by atoms with van der Waals surface area (Å²) in [5.74, 6) is -0.771. The molecule has 0 spiro atoms. The maximum Gasteiger partial charge on any atom is 0.255 e. The lowest BCUT2D eigenvalue weighted by Crippen LogP contribution is -2.40. The fourth-order valence-electron chi connectivity index (χ4n) is 2.96. The van der Waals surface area contributed by atoms with Crippen molar-refractivity contribution in [2.75, 3.05) is 37.4 Å². The second-order valence-corrected chi connectivity index (χ2v) is 11.1. The van der Waals surface area contributed by atoms with E-state index in [-0.39, 0.29) is 58.1 Å². The summed E-state index contributed by atoms with van der Waals surface area (Å²) in [6.07, 6.45) is 0. The van der Waals surface area contributed by atoms with E-state index < -0.39 is 25.8 Å². The summed E-state index contributed by atoms with van der Waals surface area (Å²) >= 11 is 6.12.